The molecule has 2 aromatic carbocycles. The summed E-state index contributed by atoms with van der Waals surface area (Å²) in [6, 6.07) is 13.3. The van der Waals surface area contributed by atoms with Crippen LogP contribution in [0.2, 0.25) is 0 Å². The minimum Gasteiger partial charge on any atom is -0.422 e. The molecule has 4 rings (SSSR count). The summed E-state index contributed by atoms with van der Waals surface area (Å²) >= 11 is 0. The van der Waals surface area contributed by atoms with Gasteiger partial charge in [-0.25, -0.2) is 9.18 Å². The van der Waals surface area contributed by atoms with Crippen LogP contribution in [-0.2, 0) is 11.3 Å². The molecule has 0 radical (unpaired) electrons. The number of hydrogen-bond acceptors (Lipinski definition) is 4. The van der Waals surface area contributed by atoms with Crippen molar-refractivity contribution < 1.29 is 13.6 Å². The van der Waals surface area contributed by atoms with Crippen LogP contribution in [0.4, 0.5) is 10.1 Å². The van der Waals surface area contributed by atoms with Gasteiger partial charge in [-0.3, -0.25) is 9.48 Å². The lowest BCUT2D eigenvalue weighted by atomic mass is 10.2. The van der Waals surface area contributed by atoms with Crippen molar-refractivity contribution in [2.24, 2.45) is 0 Å². The highest BCUT2D eigenvalue weighted by Gasteiger charge is 2.21. The number of halogens is 1. The van der Waals surface area contributed by atoms with Gasteiger partial charge in [-0.2, -0.15) is 5.10 Å². The van der Waals surface area contributed by atoms with Gasteiger partial charge in [0.2, 0.25) is 5.91 Å². The predicted molar refractivity (Wildman–Crippen MR) is 105 cm³/mol. The second-order valence-corrected chi connectivity index (χ2v) is 6.45. The molecule has 28 heavy (non-hydrogen) atoms. The highest BCUT2D eigenvalue weighted by Crippen LogP contribution is 2.24. The molecular formula is C21H18FN3O3. The van der Waals surface area contributed by atoms with E-state index in [0.717, 1.165) is 0 Å². The molecule has 6 nitrogen and oxygen atoms in total. The summed E-state index contributed by atoms with van der Waals surface area (Å²) in [7, 11) is 0. The van der Waals surface area contributed by atoms with Crippen LogP contribution in [0.1, 0.15) is 13.3 Å². The number of para-hydroxylation sites is 2. The Morgan fingerprint density at radius 2 is 1.89 bits per heavy atom. The van der Waals surface area contributed by atoms with E-state index in [9.17, 15) is 14.0 Å². The van der Waals surface area contributed by atoms with Crippen molar-refractivity contribution in [1.29, 1.82) is 0 Å². The fraction of sp³-hybridized carbons (Fsp3) is 0.190. The summed E-state index contributed by atoms with van der Waals surface area (Å²) in [5.41, 5.74) is 0.681. The fourth-order valence-electron chi connectivity index (χ4n) is 3.33. The lowest BCUT2D eigenvalue weighted by Crippen LogP contribution is -2.35. The largest absolute Gasteiger partial charge is 0.422 e. The Morgan fingerprint density at radius 3 is 2.68 bits per heavy atom. The lowest BCUT2D eigenvalue weighted by molar-refractivity contribution is -0.119. The molecule has 142 valence electrons. The monoisotopic (exact) mass is 379 g/mol. The molecule has 0 saturated heterocycles. The zero-order valence-corrected chi connectivity index (χ0v) is 15.3. The number of anilines is 1. The Balaban J connectivity index is 1.78. The molecule has 0 aliphatic heterocycles. The maximum absolute atomic E-state index is 14.2. The molecule has 0 atom stereocenters. The highest BCUT2D eigenvalue weighted by molar-refractivity contribution is 6.03. The zero-order chi connectivity index (χ0) is 19.7. The quantitative estimate of drug-likeness (QED) is 0.496. The third-order valence-electron chi connectivity index (χ3n) is 4.58. The SMILES string of the molecule is CCCN(C(=O)Cn1ncc2c(=O)oc3ccccc3c21)c1ccccc1F. The van der Waals surface area contributed by atoms with Crippen LogP contribution in [0.5, 0.6) is 0 Å². The number of nitrogens with zero attached hydrogens (tertiary/aromatic N) is 3. The first-order valence-electron chi connectivity index (χ1n) is 9.02. The lowest BCUT2D eigenvalue weighted by Gasteiger charge is -2.23. The second kappa shape index (κ2) is 7.26. The first-order valence-corrected chi connectivity index (χ1v) is 9.02. The van der Waals surface area contributed by atoms with Crippen LogP contribution in [0, 0.1) is 5.82 Å². The molecule has 0 unspecified atom stereocenters. The summed E-state index contributed by atoms with van der Waals surface area (Å²) in [5.74, 6) is -0.769. The summed E-state index contributed by atoms with van der Waals surface area (Å²) in [5, 5.41) is 5.22. The van der Waals surface area contributed by atoms with Gasteiger partial charge < -0.3 is 9.32 Å². The summed E-state index contributed by atoms with van der Waals surface area (Å²) < 4.78 is 21.0. The molecule has 0 fully saturated rings. The van der Waals surface area contributed by atoms with Gasteiger partial charge in [-0.1, -0.05) is 31.2 Å². The number of fused-ring (bicyclic) bond motifs is 3. The molecule has 0 N–H and O–H groups in total. The summed E-state index contributed by atoms with van der Waals surface area (Å²) in [6.07, 6.45) is 2.07. The third kappa shape index (κ3) is 3.05. The van der Waals surface area contributed by atoms with Gasteiger partial charge in [-0.15, -0.1) is 0 Å². The smallest absolute Gasteiger partial charge is 0.347 e. The molecule has 0 bridgehead atoms. The summed E-state index contributed by atoms with van der Waals surface area (Å²) in [6.45, 7) is 2.18. The topological polar surface area (TPSA) is 68.3 Å². The van der Waals surface area contributed by atoms with Crippen molar-refractivity contribution in [1.82, 2.24) is 9.78 Å². The molecule has 0 spiro atoms. The van der Waals surface area contributed by atoms with Crippen molar-refractivity contribution >= 4 is 33.5 Å². The molecule has 0 aliphatic rings. The molecule has 2 aromatic heterocycles. The van der Waals surface area contributed by atoms with Gasteiger partial charge in [0.25, 0.3) is 0 Å². The van der Waals surface area contributed by atoms with E-state index >= 15 is 0 Å². The van der Waals surface area contributed by atoms with Crippen LogP contribution < -0.4 is 10.5 Å². The number of benzene rings is 2. The van der Waals surface area contributed by atoms with Crippen LogP contribution in [0.3, 0.4) is 0 Å². The van der Waals surface area contributed by atoms with Crippen LogP contribution >= 0.6 is 0 Å². The van der Waals surface area contributed by atoms with Gasteiger partial charge in [0.1, 0.15) is 23.3 Å². The fourth-order valence-corrected chi connectivity index (χ4v) is 3.33. The van der Waals surface area contributed by atoms with E-state index in [0.29, 0.717) is 34.8 Å². The van der Waals surface area contributed by atoms with E-state index in [4.69, 9.17) is 4.42 Å². The molecule has 4 aromatic rings. The van der Waals surface area contributed by atoms with Crippen molar-refractivity contribution in [3.63, 3.8) is 0 Å². The number of aromatic nitrogens is 2. The van der Waals surface area contributed by atoms with Crippen molar-refractivity contribution in [3.8, 4) is 0 Å². The van der Waals surface area contributed by atoms with Crippen molar-refractivity contribution in [2.75, 3.05) is 11.4 Å². The zero-order valence-electron chi connectivity index (χ0n) is 15.3. The number of rotatable bonds is 5. The van der Waals surface area contributed by atoms with Gasteiger partial charge >= 0.3 is 5.63 Å². The van der Waals surface area contributed by atoms with Crippen molar-refractivity contribution in [2.45, 2.75) is 19.9 Å². The number of amides is 1. The van der Waals surface area contributed by atoms with Crippen LogP contribution in [-0.4, -0.2) is 22.2 Å². The molecule has 1 amide bonds. The Hall–Kier alpha value is -3.48. The minimum absolute atomic E-state index is 0.120. The third-order valence-corrected chi connectivity index (χ3v) is 4.58. The van der Waals surface area contributed by atoms with E-state index in [1.807, 2.05) is 19.1 Å². The second-order valence-electron chi connectivity index (χ2n) is 6.45. The average molecular weight is 379 g/mol. The molecule has 7 heteroatoms. The normalized spacial score (nSPS) is 11.2. The van der Waals surface area contributed by atoms with E-state index in [1.165, 1.54) is 21.8 Å². The summed E-state index contributed by atoms with van der Waals surface area (Å²) in [4.78, 5) is 26.7. The molecule has 0 aliphatic carbocycles. The Kier molecular flexibility index (Phi) is 4.65. The van der Waals surface area contributed by atoms with Gasteiger partial charge in [0, 0.05) is 11.9 Å². The van der Waals surface area contributed by atoms with Gasteiger partial charge in [0.15, 0.2) is 0 Å². The van der Waals surface area contributed by atoms with E-state index in [-0.39, 0.29) is 18.1 Å². The maximum atomic E-state index is 14.2. The Labute approximate surface area is 159 Å². The van der Waals surface area contributed by atoms with E-state index in [2.05, 4.69) is 5.10 Å². The van der Waals surface area contributed by atoms with Crippen molar-refractivity contribution in [3.05, 3.63) is 71.0 Å². The van der Waals surface area contributed by atoms with E-state index < -0.39 is 11.4 Å². The average Bonchev–Trinajstić information content (AvgIpc) is 3.11. The first kappa shape index (κ1) is 17.9. The predicted octanol–water partition coefficient (Wildman–Crippen LogP) is 3.73. The number of hydrogen-bond donors (Lipinski definition) is 0. The van der Waals surface area contributed by atoms with Crippen LogP contribution in [0.15, 0.2) is 63.9 Å². The number of carbonyl (C=O) groups excluding carboxylic acids is 1. The van der Waals surface area contributed by atoms with Gasteiger partial charge in [0.05, 0.1) is 17.4 Å². The standard InChI is InChI=1S/C21H18FN3O3/c1-2-11-24(17-9-5-4-8-16(17)22)19(26)13-25-20-14-7-3-6-10-18(14)28-21(27)15(20)12-23-25/h3-10,12H,2,11,13H2,1H3. The Morgan fingerprint density at radius 1 is 1.14 bits per heavy atom. The molecular weight excluding hydrogens is 361 g/mol. The van der Waals surface area contributed by atoms with E-state index in [1.54, 1.807) is 30.3 Å². The Bertz CT molecular complexity index is 1230. The maximum Gasteiger partial charge on any atom is 0.347 e. The number of carbonyl (C=O) groups is 1. The first-order chi connectivity index (χ1) is 13.6. The minimum atomic E-state index is -0.507. The molecule has 2 heterocycles. The molecule has 0 saturated carbocycles. The highest BCUT2D eigenvalue weighted by atomic mass is 19.1. The van der Waals surface area contributed by atoms with Gasteiger partial charge in [-0.05, 0) is 30.7 Å². The van der Waals surface area contributed by atoms with Crippen LogP contribution in [0.25, 0.3) is 21.9 Å².